The second-order valence-corrected chi connectivity index (χ2v) is 5.91. The molecule has 4 heteroatoms. The van der Waals surface area contributed by atoms with Crippen molar-refractivity contribution in [2.75, 3.05) is 23.9 Å². The molecule has 4 nitrogen and oxygen atoms in total. The molecule has 0 saturated heterocycles. The predicted molar refractivity (Wildman–Crippen MR) is 99.1 cm³/mol. The van der Waals surface area contributed by atoms with E-state index in [-0.39, 0.29) is 0 Å². The fourth-order valence-electron chi connectivity index (χ4n) is 2.57. The lowest BCUT2D eigenvalue weighted by Gasteiger charge is -2.25. The fourth-order valence-corrected chi connectivity index (χ4v) is 2.57. The largest absolute Gasteiger partial charge is 0.378 e. The molecule has 0 radical (unpaired) electrons. The van der Waals surface area contributed by atoms with Crippen molar-refractivity contribution in [1.29, 1.82) is 0 Å². The molecule has 0 unspecified atom stereocenters. The number of pyridine rings is 2. The van der Waals surface area contributed by atoms with Gasteiger partial charge in [0.05, 0.1) is 24.5 Å². The summed E-state index contributed by atoms with van der Waals surface area (Å²) in [6.45, 7) is 1.50. The zero-order valence-corrected chi connectivity index (χ0v) is 14.1. The zero-order valence-electron chi connectivity index (χ0n) is 14.1. The summed E-state index contributed by atoms with van der Waals surface area (Å²) in [7, 11) is 4.10. The Morgan fingerprint density at radius 3 is 1.58 bits per heavy atom. The minimum Gasteiger partial charge on any atom is -0.378 e. The van der Waals surface area contributed by atoms with Crippen LogP contribution in [0.4, 0.5) is 11.4 Å². The lowest BCUT2D eigenvalue weighted by Crippen LogP contribution is -2.23. The van der Waals surface area contributed by atoms with Crippen molar-refractivity contribution in [1.82, 2.24) is 9.97 Å². The molecule has 0 saturated carbocycles. The number of rotatable bonds is 6. The van der Waals surface area contributed by atoms with Crippen molar-refractivity contribution in [3.63, 3.8) is 0 Å². The molecule has 0 amide bonds. The van der Waals surface area contributed by atoms with Gasteiger partial charge < -0.3 is 9.80 Å². The van der Waals surface area contributed by atoms with Crippen LogP contribution in [0, 0.1) is 0 Å². The van der Waals surface area contributed by atoms with Gasteiger partial charge in [-0.15, -0.1) is 0 Å². The van der Waals surface area contributed by atoms with Crippen LogP contribution in [0.3, 0.4) is 0 Å². The van der Waals surface area contributed by atoms with E-state index in [1.807, 2.05) is 36.7 Å². The van der Waals surface area contributed by atoms with E-state index in [9.17, 15) is 0 Å². The highest BCUT2D eigenvalue weighted by molar-refractivity contribution is 5.56. The summed E-state index contributed by atoms with van der Waals surface area (Å²) in [5, 5.41) is 0. The van der Waals surface area contributed by atoms with Crippen molar-refractivity contribution in [3.8, 4) is 0 Å². The average molecular weight is 318 g/mol. The molecule has 0 N–H and O–H groups in total. The highest BCUT2D eigenvalue weighted by atomic mass is 15.1. The van der Waals surface area contributed by atoms with Crippen molar-refractivity contribution in [2.24, 2.45) is 0 Å². The van der Waals surface area contributed by atoms with E-state index in [0.29, 0.717) is 0 Å². The zero-order chi connectivity index (χ0) is 16.8. The molecule has 24 heavy (non-hydrogen) atoms. The molecule has 1 aromatic carbocycles. The van der Waals surface area contributed by atoms with Gasteiger partial charge in [-0.05, 0) is 48.5 Å². The van der Waals surface area contributed by atoms with E-state index < -0.39 is 0 Å². The Labute approximate surface area is 143 Å². The fraction of sp³-hybridized carbons (Fsp3) is 0.200. The second kappa shape index (κ2) is 7.59. The van der Waals surface area contributed by atoms with Crippen LogP contribution in [0.25, 0.3) is 0 Å². The maximum atomic E-state index is 4.46. The molecule has 0 aliphatic heterocycles. The Kier molecular flexibility index (Phi) is 5.06. The Morgan fingerprint density at radius 2 is 1.17 bits per heavy atom. The molecule has 3 aromatic rings. The molecule has 0 fully saturated rings. The van der Waals surface area contributed by atoms with Gasteiger partial charge in [-0.3, -0.25) is 9.97 Å². The van der Waals surface area contributed by atoms with E-state index >= 15 is 0 Å². The van der Waals surface area contributed by atoms with Gasteiger partial charge >= 0.3 is 0 Å². The van der Waals surface area contributed by atoms with Gasteiger partial charge in [0.15, 0.2) is 0 Å². The van der Waals surface area contributed by atoms with Gasteiger partial charge in [-0.1, -0.05) is 12.1 Å². The third-order valence-electron chi connectivity index (χ3n) is 3.89. The van der Waals surface area contributed by atoms with E-state index in [1.54, 1.807) is 0 Å². The van der Waals surface area contributed by atoms with Gasteiger partial charge in [0, 0.05) is 37.9 Å². The number of anilines is 2. The minimum absolute atomic E-state index is 0.749. The Hall–Kier alpha value is -2.88. The quantitative estimate of drug-likeness (QED) is 0.693. The molecule has 0 spiro atoms. The van der Waals surface area contributed by atoms with Crippen molar-refractivity contribution < 1.29 is 0 Å². The summed E-state index contributed by atoms with van der Waals surface area (Å²) in [5.41, 5.74) is 4.45. The van der Waals surface area contributed by atoms with Crippen molar-refractivity contribution in [2.45, 2.75) is 13.1 Å². The number of aromatic nitrogens is 2. The molecule has 3 rings (SSSR count). The highest BCUT2D eigenvalue weighted by Crippen LogP contribution is 2.22. The summed E-state index contributed by atoms with van der Waals surface area (Å²) in [6.07, 6.45) is 3.67. The normalized spacial score (nSPS) is 10.4. The van der Waals surface area contributed by atoms with Gasteiger partial charge in [-0.25, -0.2) is 0 Å². The first-order valence-corrected chi connectivity index (χ1v) is 8.04. The molecule has 122 valence electrons. The smallest absolute Gasteiger partial charge is 0.0606 e. The summed E-state index contributed by atoms with van der Waals surface area (Å²) < 4.78 is 0. The number of benzene rings is 1. The molecular weight excluding hydrogens is 296 g/mol. The summed E-state index contributed by atoms with van der Waals surface area (Å²) >= 11 is 0. The molecular formula is C20H22N4. The molecule has 2 aromatic heterocycles. The molecule has 0 atom stereocenters. The first-order chi connectivity index (χ1) is 11.7. The standard InChI is InChI=1S/C20H22N4/c1-23(2)19-9-11-20(12-10-19)24(15-17-7-3-5-13-21-17)16-18-8-4-6-14-22-18/h3-14H,15-16H2,1-2H3. The molecule has 0 aliphatic rings. The van der Waals surface area contributed by atoms with E-state index in [4.69, 9.17) is 0 Å². The van der Waals surface area contributed by atoms with Crippen LogP contribution in [-0.4, -0.2) is 24.1 Å². The molecule has 0 bridgehead atoms. The third-order valence-corrected chi connectivity index (χ3v) is 3.89. The van der Waals surface area contributed by atoms with E-state index in [0.717, 1.165) is 30.2 Å². The maximum absolute atomic E-state index is 4.46. The van der Waals surface area contributed by atoms with Gasteiger partial charge in [-0.2, -0.15) is 0 Å². The molecule has 2 heterocycles. The number of hydrogen-bond donors (Lipinski definition) is 0. The van der Waals surface area contributed by atoms with Crippen molar-refractivity contribution in [3.05, 3.63) is 84.4 Å². The van der Waals surface area contributed by atoms with Crippen LogP contribution >= 0.6 is 0 Å². The highest BCUT2D eigenvalue weighted by Gasteiger charge is 2.10. The summed E-state index contributed by atoms with van der Waals surface area (Å²) in [6, 6.07) is 20.6. The lowest BCUT2D eigenvalue weighted by molar-refractivity contribution is 0.765. The molecule has 0 aliphatic carbocycles. The number of hydrogen-bond acceptors (Lipinski definition) is 4. The van der Waals surface area contributed by atoms with Crippen molar-refractivity contribution >= 4 is 11.4 Å². The van der Waals surface area contributed by atoms with E-state index in [2.05, 4.69) is 70.3 Å². The second-order valence-electron chi connectivity index (χ2n) is 5.91. The number of nitrogens with zero attached hydrogens (tertiary/aromatic N) is 4. The van der Waals surface area contributed by atoms with Crippen LogP contribution in [0.1, 0.15) is 11.4 Å². The van der Waals surface area contributed by atoms with Crippen LogP contribution in [0.2, 0.25) is 0 Å². The Morgan fingerprint density at radius 1 is 0.667 bits per heavy atom. The van der Waals surface area contributed by atoms with Gasteiger partial charge in [0.25, 0.3) is 0 Å². The average Bonchev–Trinajstić information content (AvgIpc) is 2.63. The summed E-state index contributed by atoms with van der Waals surface area (Å²) in [4.78, 5) is 13.3. The van der Waals surface area contributed by atoms with E-state index in [1.165, 1.54) is 5.69 Å². The third kappa shape index (κ3) is 4.10. The Bertz CT molecular complexity index is 698. The van der Waals surface area contributed by atoms with Gasteiger partial charge in [0.1, 0.15) is 0 Å². The SMILES string of the molecule is CN(C)c1ccc(N(Cc2ccccn2)Cc2ccccn2)cc1. The van der Waals surface area contributed by atoms with Crippen LogP contribution in [0.15, 0.2) is 73.1 Å². The topological polar surface area (TPSA) is 32.3 Å². The lowest BCUT2D eigenvalue weighted by atomic mass is 10.2. The van der Waals surface area contributed by atoms with Gasteiger partial charge in [0.2, 0.25) is 0 Å². The minimum atomic E-state index is 0.749. The summed E-state index contributed by atoms with van der Waals surface area (Å²) in [5.74, 6) is 0. The predicted octanol–water partition coefficient (Wildman–Crippen LogP) is 3.75. The van der Waals surface area contributed by atoms with Crippen LogP contribution < -0.4 is 9.80 Å². The Balaban J connectivity index is 1.86. The van der Waals surface area contributed by atoms with Crippen LogP contribution in [0.5, 0.6) is 0 Å². The first-order valence-electron chi connectivity index (χ1n) is 8.04. The monoisotopic (exact) mass is 318 g/mol. The van der Waals surface area contributed by atoms with Crippen LogP contribution in [-0.2, 0) is 13.1 Å². The maximum Gasteiger partial charge on any atom is 0.0606 e. The first kappa shape index (κ1) is 16.0.